The highest BCUT2D eigenvalue weighted by Crippen LogP contribution is 2.28. The molecule has 0 saturated carbocycles. The third kappa shape index (κ3) is 2.85. The molecule has 29 heavy (non-hydrogen) atoms. The van der Waals surface area contributed by atoms with Crippen molar-refractivity contribution in [1.82, 2.24) is 34.3 Å². The van der Waals surface area contributed by atoms with Crippen LogP contribution in [0.15, 0.2) is 47.2 Å². The van der Waals surface area contributed by atoms with Crippen LogP contribution < -0.4 is 10.9 Å². The second-order valence-corrected chi connectivity index (χ2v) is 7.41. The highest BCUT2D eigenvalue weighted by atomic mass is 32.1. The highest BCUT2D eigenvalue weighted by molar-refractivity contribution is 7.15. The molecule has 2 N–H and O–H groups in total. The van der Waals surface area contributed by atoms with Crippen molar-refractivity contribution in [3.05, 3.63) is 64.2 Å². The Kier molecular flexibility index (Phi) is 4.06. The molecular weight excluding hydrogens is 388 g/mol. The smallest absolute Gasteiger partial charge is 0.268 e. The third-order valence-electron chi connectivity index (χ3n) is 4.68. The monoisotopic (exact) mass is 404 g/mol. The SMILES string of the molecule is Cc1csc2nc(C(C)Nc3ncnc4nc[nH]c34)c(-c3ccccn3)c(=O)n12. The topological polar surface area (TPSA) is 114 Å². The molecule has 10 heteroatoms. The van der Waals surface area contributed by atoms with E-state index < -0.39 is 0 Å². The van der Waals surface area contributed by atoms with Crippen LogP contribution in [0.1, 0.15) is 24.4 Å². The molecule has 0 amide bonds. The summed E-state index contributed by atoms with van der Waals surface area (Å²) in [5, 5.41) is 5.26. The minimum absolute atomic E-state index is 0.134. The highest BCUT2D eigenvalue weighted by Gasteiger charge is 2.22. The van der Waals surface area contributed by atoms with Gasteiger partial charge in [-0.15, -0.1) is 11.3 Å². The second-order valence-electron chi connectivity index (χ2n) is 6.58. The van der Waals surface area contributed by atoms with Crippen LogP contribution in [0.2, 0.25) is 0 Å². The lowest BCUT2D eigenvalue weighted by atomic mass is 10.1. The Morgan fingerprint density at radius 3 is 2.93 bits per heavy atom. The van der Waals surface area contributed by atoms with Crippen LogP contribution in [0.3, 0.4) is 0 Å². The molecule has 1 unspecified atom stereocenters. The zero-order valence-corrected chi connectivity index (χ0v) is 16.4. The molecule has 0 bridgehead atoms. The number of rotatable bonds is 4. The molecule has 5 rings (SSSR count). The number of hydrogen-bond donors (Lipinski definition) is 2. The summed E-state index contributed by atoms with van der Waals surface area (Å²) in [6.45, 7) is 3.83. The fourth-order valence-corrected chi connectivity index (χ4v) is 4.18. The minimum atomic E-state index is -0.312. The zero-order valence-electron chi connectivity index (χ0n) is 15.6. The van der Waals surface area contributed by atoms with E-state index in [1.807, 2.05) is 37.4 Å². The van der Waals surface area contributed by atoms with Crippen LogP contribution in [-0.4, -0.2) is 34.3 Å². The summed E-state index contributed by atoms with van der Waals surface area (Å²) in [5.74, 6) is 0.594. The number of thiazole rings is 1. The number of hydrogen-bond acceptors (Lipinski definition) is 8. The van der Waals surface area contributed by atoms with E-state index in [0.717, 1.165) is 5.69 Å². The Bertz CT molecular complexity index is 1390. The molecule has 0 fully saturated rings. The van der Waals surface area contributed by atoms with E-state index in [2.05, 4.69) is 30.2 Å². The van der Waals surface area contributed by atoms with Gasteiger partial charge in [0.2, 0.25) is 0 Å². The number of aryl methyl sites for hydroxylation is 1. The average Bonchev–Trinajstić information content (AvgIpc) is 3.36. The molecule has 1 atom stereocenters. The fourth-order valence-electron chi connectivity index (χ4n) is 3.31. The van der Waals surface area contributed by atoms with Crippen molar-refractivity contribution < 1.29 is 0 Å². The quantitative estimate of drug-likeness (QED) is 0.473. The number of nitrogens with zero attached hydrogens (tertiary/aromatic N) is 6. The summed E-state index contributed by atoms with van der Waals surface area (Å²) in [6.07, 6.45) is 4.69. The van der Waals surface area contributed by atoms with E-state index in [4.69, 9.17) is 4.98 Å². The average molecular weight is 404 g/mol. The molecule has 0 aromatic carbocycles. The maximum Gasteiger partial charge on any atom is 0.268 e. The third-order valence-corrected chi connectivity index (χ3v) is 5.62. The summed E-state index contributed by atoms with van der Waals surface area (Å²) >= 11 is 1.44. The van der Waals surface area contributed by atoms with Crippen molar-refractivity contribution in [2.24, 2.45) is 0 Å². The van der Waals surface area contributed by atoms with Crippen molar-refractivity contribution in [2.45, 2.75) is 19.9 Å². The van der Waals surface area contributed by atoms with Crippen molar-refractivity contribution >= 4 is 33.3 Å². The second kappa shape index (κ2) is 6.74. The van der Waals surface area contributed by atoms with E-state index in [9.17, 15) is 4.79 Å². The number of aromatic amines is 1. The van der Waals surface area contributed by atoms with Gasteiger partial charge in [0.15, 0.2) is 16.4 Å². The van der Waals surface area contributed by atoms with E-state index in [0.29, 0.717) is 38.9 Å². The summed E-state index contributed by atoms with van der Waals surface area (Å²) in [7, 11) is 0. The number of pyridine rings is 1. The van der Waals surface area contributed by atoms with Gasteiger partial charge < -0.3 is 10.3 Å². The van der Waals surface area contributed by atoms with Gasteiger partial charge in [-0.2, -0.15) is 0 Å². The Hall–Kier alpha value is -3.66. The summed E-state index contributed by atoms with van der Waals surface area (Å²) in [5.41, 5.74) is 3.65. The Morgan fingerprint density at radius 1 is 1.21 bits per heavy atom. The maximum atomic E-state index is 13.4. The molecule has 0 aliphatic rings. The predicted octanol–water partition coefficient (Wildman–Crippen LogP) is 2.97. The summed E-state index contributed by atoms with van der Waals surface area (Å²) < 4.78 is 1.63. The first-order valence-corrected chi connectivity index (χ1v) is 9.84. The van der Waals surface area contributed by atoms with Gasteiger partial charge in [0, 0.05) is 17.3 Å². The van der Waals surface area contributed by atoms with E-state index in [1.165, 1.54) is 17.7 Å². The van der Waals surface area contributed by atoms with Gasteiger partial charge in [-0.3, -0.25) is 14.2 Å². The first-order chi connectivity index (χ1) is 14.1. The van der Waals surface area contributed by atoms with Crippen molar-refractivity contribution in [3.63, 3.8) is 0 Å². The van der Waals surface area contributed by atoms with Crippen LogP contribution in [0, 0.1) is 6.92 Å². The lowest BCUT2D eigenvalue weighted by molar-refractivity contribution is 0.824. The molecule has 5 aromatic heterocycles. The van der Waals surface area contributed by atoms with Crippen LogP contribution in [0.25, 0.3) is 27.4 Å². The predicted molar refractivity (Wildman–Crippen MR) is 111 cm³/mol. The molecule has 144 valence electrons. The van der Waals surface area contributed by atoms with Gasteiger partial charge in [-0.1, -0.05) is 6.07 Å². The van der Waals surface area contributed by atoms with Crippen LogP contribution in [0.5, 0.6) is 0 Å². The number of fused-ring (bicyclic) bond motifs is 2. The maximum absolute atomic E-state index is 13.4. The van der Waals surface area contributed by atoms with Crippen molar-refractivity contribution in [3.8, 4) is 11.3 Å². The fraction of sp³-hybridized carbons (Fsp3) is 0.158. The lowest BCUT2D eigenvalue weighted by Gasteiger charge is -2.17. The summed E-state index contributed by atoms with van der Waals surface area (Å²) in [6, 6.07) is 5.19. The van der Waals surface area contributed by atoms with Crippen LogP contribution in [-0.2, 0) is 0 Å². The zero-order chi connectivity index (χ0) is 20.0. The molecule has 0 aliphatic carbocycles. The van der Waals surface area contributed by atoms with Gasteiger partial charge in [-0.25, -0.2) is 19.9 Å². The summed E-state index contributed by atoms with van der Waals surface area (Å²) in [4.78, 5) is 38.9. The van der Waals surface area contributed by atoms with Gasteiger partial charge in [0.25, 0.3) is 5.56 Å². The first kappa shape index (κ1) is 17.4. The largest absolute Gasteiger partial charge is 0.360 e. The van der Waals surface area contributed by atoms with E-state index in [-0.39, 0.29) is 11.6 Å². The van der Waals surface area contributed by atoms with E-state index in [1.54, 1.807) is 16.9 Å². The Morgan fingerprint density at radius 2 is 2.10 bits per heavy atom. The molecule has 5 heterocycles. The number of H-pyrrole nitrogens is 1. The molecule has 9 nitrogen and oxygen atoms in total. The van der Waals surface area contributed by atoms with Crippen LogP contribution in [0.4, 0.5) is 5.82 Å². The van der Waals surface area contributed by atoms with Gasteiger partial charge in [0.1, 0.15) is 11.8 Å². The molecular formula is C19H16N8OS. The standard InChI is InChI=1S/C19H16N8OS/c1-10-7-29-19-26-14(13(18(28)27(10)19)12-5-3-4-6-20-12)11(2)25-17-15-16(22-8-21-15)23-9-24-17/h3-9,11H,1-2H3,(H2,21,22,23,24,25). The molecule has 0 spiro atoms. The molecule has 0 radical (unpaired) electrons. The normalized spacial score (nSPS) is 12.5. The molecule has 0 saturated heterocycles. The van der Waals surface area contributed by atoms with Gasteiger partial charge >= 0.3 is 0 Å². The Balaban J connectivity index is 1.69. The Labute approximate surface area is 168 Å². The molecule has 0 aliphatic heterocycles. The van der Waals surface area contributed by atoms with Gasteiger partial charge in [-0.05, 0) is 26.0 Å². The van der Waals surface area contributed by atoms with Crippen molar-refractivity contribution in [1.29, 1.82) is 0 Å². The number of anilines is 1. The number of imidazole rings is 1. The first-order valence-electron chi connectivity index (χ1n) is 8.96. The van der Waals surface area contributed by atoms with Crippen molar-refractivity contribution in [2.75, 3.05) is 5.32 Å². The number of aromatic nitrogens is 7. The molecule has 5 aromatic rings. The lowest BCUT2D eigenvalue weighted by Crippen LogP contribution is -2.23. The van der Waals surface area contributed by atoms with E-state index >= 15 is 0 Å². The number of nitrogens with one attached hydrogen (secondary N) is 2. The van der Waals surface area contributed by atoms with Gasteiger partial charge in [0.05, 0.1) is 29.3 Å². The minimum Gasteiger partial charge on any atom is -0.360 e. The van der Waals surface area contributed by atoms with Crippen LogP contribution >= 0.6 is 11.3 Å².